The molecule has 0 aromatic carbocycles. The normalized spacial score (nSPS) is 16.9. The Morgan fingerprint density at radius 2 is 2.18 bits per heavy atom. The molecule has 1 aromatic rings. The van der Waals surface area contributed by atoms with Gasteiger partial charge in [-0.2, -0.15) is 0 Å². The van der Waals surface area contributed by atoms with Crippen LogP contribution in [0.15, 0.2) is 18.3 Å². The first kappa shape index (κ1) is 11.7. The summed E-state index contributed by atoms with van der Waals surface area (Å²) < 4.78 is 4.76. The van der Waals surface area contributed by atoms with Gasteiger partial charge in [-0.1, -0.05) is 0 Å². The number of ether oxygens (including phenoxy) is 1. The molecule has 2 rings (SSSR count). The average molecular weight is 235 g/mol. The average Bonchev–Trinajstić information content (AvgIpc) is 2.39. The third-order valence-corrected chi connectivity index (χ3v) is 3.17. The number of esters is 1. The van der Waals surface area contributed by atoms with Crippen molar-refractivity contribution < 1.29 is 9.53 Å². The first-order chi connectivity index (χ1) is 8.20. The Hall–Kier alpha value is -1.78. The third kappa shape index (κ3) is 2.67. The van der Waals surface area contributed by atoms with Crippen LogP contribution in [0.3, 0.4) is 0 Å². The largest absolute Gasteiger partial charge is 0.469 e. The molecule has 0 spiro atoms. The molecule has 0 radical (unpaired) electrons. The van der Waals surface area contributed by atoms with Gasteiger partial charge in [0.15, 0.2) is 0 Å². The predicted molar refractivity (Wildman–Crippen MR) is 65.6 cm³/mol. The van der Waals surface area contributed by atoms with Crippen LogP contribution in [-0.2, 0) is 9.53 Å². The van der Waals surface area contributed by atoms with E-state index in [4.69, 9.17) is 10.5 Å². The maximum Gasteiger partial charge on any atom is 0.308 e. The molecular formula is C12H17N3O2. The highest BCUT2D eigenvalue weighted by Gasteiger charge is 2.25. The monoisotopic (exact) mass is 235 g/mol. The van der Waals surface area contributed by atoms with E-state index in [1.165, 1.54) is 7.11 Å². The standard InChI is InChI=1S/C12H17N3O2/c1-17-12(16)9-4-6-15(7-5-9)10-2-3-11(13)14-8-10/h2-3,8-9H,4-7H2,1H3,(H2,13,14). The lowest BCUT2D eigenvalue weighted by molar-refractivity contribution is -0.146. The number of piperidine rings is 1. The summed E-state index contributed by atoms with van der Waals surface area (Å²) in [6.45, 7) is 1.71. The van der Waals surface area contributed by atoms with Crippen molar-refractivity contribution in [2.75, 3.05) is 30.8 Å². The number of nitrogens with two attached hydrogens (primary N) is 1. The molecule has 0 bridgehead atoms. The third-order valence-electron chi connectivity index (χ3n) is 3.17. The van der Waals surface area contributed by atoms with Crippen molar-refractivity contribution in [3.8, 4) is 0 Å². The van der Waals surface area contributed by atoms with Gasteiger partial charge in [-0.15, -0.1) is 0 Å². The van der Waals surface area contributed by atoms with Crippen LogP contribution in [0.1, 0.15) is 12.8 Å². The topological polar surface area (TPSA) is 68.5 Å². The second-order valence-electron chi connectivity index (χ2n) is 4.23. The number of anilines is 2. The van der Waals surface area contributed by atoms with Gasteiger partial charge in [-0.05, 0) is 25.0 Å². The van der Waals surface area contributed by atoms with Gasteiger partial charge >= 0.3 is 5.97 Å². The van der Waals surface area contributed by atoms with Crippen LogP contribution in [0.4, 0.5) is 11.5 Å². The van der Waals surface area contributed by atoms with Crippen molar-refractivity contribution in [3.05, 3.63) is 18.3 Å². The first-order valence-electron chi connectivity index (χ1n) is 5.75. The van der Waals surface area contributed by atoms with E-state index >= 15 is 0 Å². The highest BCUT2D eigenvalue weighted by atomic mass is 16.5. The molecule has 0 atom stereocenters. The summed E-state index contributed by atoms with van der Waals surface area (Å²) in [6, 6.07) is 3.75. The van der Waals surface area contributed by atoms with Crippen LogP contribution in [-0.4, -0.2) is 31.2 Å². The van der Waals surface area contributed by atoms with Gasteiger partial charge < -0.3 is 15.4 Å². The smallest absolute Gasteiger partial charge is 0.308 e. The SMILES string of the molecule is COC(=O)C1CCN(c2ccc(N)nc2)CC1. The lowest BCUT2D eigenvalue weighted by Crippen LogP contribution is -2.36. The molecule has 1 aliphatic heterocycles. The van der Waals surface area contributed by atoms with E-state index in [0.29, 0.717) is 5.82 Å². The molecule has 1 aliphatic rings. The molecule has 2 heterocycles. The Kier molecular flexibility index (Phi) is 3.46. The second-order valence-corrected chi connectivity index (χ2v) is 4.23. The van der Waals surface area contributed by atoms with Crippen LogP contribution in [0.2, 0.25) is 0 Å². The fourth-order valence-electron chi connectivity index (χ4n) is 2.12. The Labute approximate surface area is 101 Å². The summed E-state index contributed by atoms with van der Waals surface area (Å²) in [5, 5.41) is 0. The maximum atomic E-state index is 11.4. The maximum absolute atomic E-state index is 11.4. The minimum absolute atomic E-state index is 0.0398. The van der Waals surface area contributed by atoms with Crippen molar-refractivity contribution in [3.63, 3.8) is 0 Å². The van der Waals surface area contributed by atoms with E-state index in [-0.39, 0.29) is 11.9 Å². The number of pyridine rings is 1. The number of nitrogens with zero attached hydrogens (tertiary/aromatic N) is 2. The molecule has 17 heavy (non-hydrogen) atoms. The fourth-order valence-corrected chi connectivity index (χ4v) is 2.12. The van der Waals surface area contributed by atoms with Crippen molar-refractivity contribution in [2.24, 2.45) is 5.92 Å². The zero-order valence-electron chi connectivity index (χ0n) is 9.93. The lowest BCUT2D eigenvalue weighted by atomic mass is 9.97. The Bertz CT molecular complexity index is 383. The Balaban J connectivity index is 1.95. The summed E-state index contributed by atoms with van der Waals surface area (Å²) in [5.41, 5.74) is 6.60. The van der Waals surface area contributed by atoms with E-state index in [1.54, 1.807) is 12.3 Å². The summed E-state index contributed by atoms with van der Waals surface area (Å²) in [5.74, 6) is 0.469. The minimum atomic E-state index is -0.0971. The molecule has 1 saturated heterocycles. The lowest BCUT2D eigenvalue weighted by Gasteiger charge is -2.32. The molecule has 0 saturated carbocycles. The Morgan fingerprint density at radius 3 is 2.71 bits per heavy atom. The van der Waals surface area contributed by atoms with Crippen LogP contribution < -0.4 is 10.6 Å². The van der Waals surface area contributed by atoms with E-state index in [9.17, 15) is 4.79 Å². The molecule has 1 aromatic heterocycles. The summed E-state index contributed by atoms with van der Waals surface area (Å²) in [4.78, 5) is 17.7. The zero-order chi connectivity index (χ0) is 12.3. The van der Waals surface area contributed by atoms with E-state index in [2.05, 4.69) is 9.88 Å². The fraction of sp³-hybridized carbons (Fsp3) is 0.500. The predicted octanol–water partition coefficient (Wildman–Crippen LogP) is 1.05. The van der Waals surface area contributed by atoms with E-state index < -0.39 is 0 Å². The number of nitrogen functional groups attached to an aromatic ring is 1. The molecule has 5 heteroatoms. The van der Waals surface area contributed by atoms with Gasteiger partial charge in [0.1, 0.15) is 5.82 Å². The minimum Gasteiger partial charge on any atom is -0.469 e. The number of carbonyl (C=O) groups is 1. The van der Waals surface area contributed by atoms with Crippen LogP contribution >= 0.6 is 0 Å². The van der Waals surface area contributed by atoms with E-state index in [1.807, 2.05) is 6.07 Å². The molecule has 0 aliphatic carbocycles. The second kappa shape index (κ2) is 5.03. The molecule has 1 fully saturated rings. The molecule has 5 nitrogen and oxygen atoms in total. The summed E-state index contributed by atoms with van der Waals surface area (Å²) >= 11 is 0. The quantitative estimate of drug-likeness (QED) is 0.776. The highest BCUT2D eigenvalue weighted by Crippen LogP contribution is 2.23. The summed E-state index contributed by atoms with van der Waals surface area (Å²) in [6.07, 6.45) is 3.43. The molecular weight excluding hydrogens is 218 g/mol. The van der Waals surface area contributed by atoms with Crippen molar-refractivity contribution in [1.29, 1.82) is 0 Å². The molecule has 92 valence electrons. The van der Waals surface area contributed by atoms with Crippen LogP contribution in [0.5, 0.6) is 0 Å². The van der Waals surface area contributed by atoms with E-state index in [0.717, 1.165) is 31.6 Å². The zero-order valence-corrected chi connectivity index (χ0v) is 9.93. The number of rotatable bonds is 2. The first-order valence-corrected chi connectivity index (χ1v) is 5.75. The van der Waals surface area contributed by atoms with Crippen LogP contribution in [0, 0.1) is 5.92 Å². The van der Waals surface area contributed by atoms with Gasteiger partial charge in [-0.25, -0.2) is 4.98 Å². The number of aromatic nitrogens is 1. The van der Waals surface area contributed by atoms with Gasteiger partial charge in [0.05, 0.1) is 24.9 Å². The number of hydrogen-bond acceptors (Lipinski definition) is 5. The molecule has 2 N–H and O–H groups in total. The Morgan fingerprint density at radius 1 is 1.47 bits per heavy atom. The van der Waals surface area contributed by atoms with Crippen molar-refractivity contribution >= 4 is 17.5 Å². The number of methoxy groups -OCH3 is 1. The molecule has 0 unspecified atom stereocenters. The number of carbonyl (C=O) groups excluding carboxylic acids is 1. The van der Waals surface area contributed by atoms with Gasteiger partial charge in [0.2, 0.25) is 0 Å². The number of hydrogen-bond donors (Lipinski definition) is 1. The van der Waals surface area contributed by atoms with Gasteiger partial charge in [-0.3, -0.25) is 4.79 Å². The van der Waals surface area contributed by atoms with Gasteiger partial charge in [0.25, 0.3) is 0 Å². The summed E-state index contributed by atoms with van der Waals surface area (Å²) in [7, 11) is 1.44. The molecule has 0 amide bonds. The van der Waals surface area contributed by atoms with Crippen molar-refractivity contribution in [1.82, 2.24) is 4.98 Å². The van der Waals surface area contributed by atoms with Crippen LogP contribution in [0.25, 0.3) is 0 Å². The highest BCUT2D eigenvalue weighted by molar-refractivity contribution is 5.72. The van der Waals surface area contributed by atoms with Gasteiger partial charge in [0, 0.05) is 13.1 Å². The van der Waals surface area contributed by atoms with Crippen molar-refractivity contribution in [2.45, 2.75) is 12.8 Å².